The molecule has 1 amide bonds. The molecule has 0 aliphatic carbocycles. The topological polar surface area (TPSA) is 67.4 Å². The highest BCUT2D eigenvalue weighted by Gasteiger charge is 2.24. The summed E-state index contributed by atoms with van der Waals surface area (Å²) >= 11 is 0. The number of amides is 1. The lowest BCUT2D eigenvalue weighted by Gasteiger charge is -2.36. The van der Waals surface area contributed by atoms with Crippen LogP contribution in [0.15, 0.2) is 71.4 Å². The molecule has 0 unspecified atom stereocenters. The molecule has 0 spiro atoms. The summed E-state index contributed by atoms with van der Waals surface area (Å²) in [7, 11) is 0. The number of rotatable bonds is 5. The van der Waals surface area contributed by atoms with Crippen molar-refractivity contribution in [1.29, 1.82) is 0 Å². The first-order valence-corrected chi connectivity index (χ1v) is 10.9. The van der Waals surface area contributed by atoms with Crippen LogP contribution in [0, 0.1) is 12.7 Å². The fourth-order valence-corrected chi connectivity index (χ4v) is 4.04. The second kappa shape index (κ2) is 8.90. The van der Waals surface area contributed by atoms with Gasteiger partial charge in [-0.25, -0.2) is 4.39 Å². The van der Waals surface area contributed by atoms with E-state index in [0.717, 1.165) is 11.1 Å². The Morgan fingerprint density at radius 2 is 1.76 bits per heavy atom. The highest BCUT2D eigenvalue weighted by Crippen LogP contribution is 2.24. The molecule has 0 atom stereocenters. The fraction of sp³-hybridized carbons (Fsp3) is 0.240. The molecule has 2 aromatic heterocycles. The number of aromatic nitrogens is 3. The van der Waals surface area contributed by atoms with Crippen LogP contribution in [0.3, 0.4) is 0 Å². The first-order chi connectivity index (χ1) is 16.1. The van der Waals surface area contributed by atoms with Crippen LogP contribution >= 0.6 is 0 Å². The van der Waals surface area contributed by atoms with Crippen LogP contribution in [0.5, 0.6) is 0 Å². The van der Waals surface area contributed by atoms with Gasteiger partial charge in [0.1, 0.15) is 18.1 Å². The average Bonchev–Trinajstić information content (AvgIpc) is 3.50. The maximum atomic E-state index is 14.1. The molecule has 0 saturated carbocycles. The second-order valence-corrected chi connectivity index (χ2v) is 8.13. The van der Waals surface area contributed by atoms with E-state index in [1.807, 2.05) is 70.0 Å². The van der Waals surface area contributed by atoms with Crippen LogP contribution in [-0.2, 0) is 11.3 Å². The minimum atomic E-state index is -0.237. The number of hydrogen-bond acceptors (Lipinski definition) is 5. The summed E-state index contributed by atoms with van der Waals surface area (Å²) < 4.78 is 21.4. The zero-order chi connectivity index (χ0) is 22.8. The van der Waals surface area contributed by atoms with Crippen molar-refractivity contribution in [2.75, 3.05) is 31.1 Å². The number of piperazine rings is 1. The molecule has 7 nitrogen and oxygen atoms in total. The van der Waals surface area contributed by atoms with Gasteiger partial charge >= 0.3 is 0 Å². The summed E-state index contributed by atoms with van der Waals surface area (Å²) in [6, 6.07) is 18.4. The van der Waals surface area contributed by atoms with Crippen molar-refractivity contribution in [3.05, 3.63) is 78.2 Å². The Morgan fingerprint density at radius 1 is 1.00 bits per heavy atom. The van der Waals surface area contributed by atoms with Gasteiger partial charge in [-0.3, -0.25) is 4.79 Å². The number of nitrogens with zero attached hydrogens (tertiary/aromatic N) is 5. The Kier molecular flexibility index (Phi) is 5.64. The van der Waals surface area contributed by atoms with Crippen LogP contribution in [-0.4, -0.2) is 51.7 Å². The predicted octanol–water partition coefficient (Wildman–Crippen LogP) is 4.00. The van der Waals surface area contributed by atoms with Crippen molar-refractivity contribution in [2.24, 2.45) is 0 Å². The normalized spacial score (nSPS) is 14.0. The molecule has 5 rings (SSSR count). The molecule has 1 fully saturated rings. The summed E-state index contributed by atoms with van der Waals surface area (Å²) in [4.78, 5) is 21.3. The molecule has 1 aliphatic rings. The standard InChI is InChI=1S/C25H24FN5O2/c1-18-8-10-19(11-9-18)24-27-25(33-28-24)22-7-4-12-31(22)17-23(32)30-15-13-29(14-16-30)21-6-3-2-5-20(21)26/h2-12H,13-17H2,1H3. The smallest absolute Gasteiger partial charge is 0.274 e. The first kappa shape index (κ1) is 20.9. The highest BCUT2D eigenvalue weighted by atomic mass is 19.1. The van der Waals surface area contributed by atoms with Crippen LogP contribution in [0.2, 0.25) is 0 Å². The van der Waals surface area contributed by atoms with Crippen LogP contribution in [0.25, 0.3) is 23.0 Å². The molecule has 0 N–H and O–H groups in total. The van der Waals surface area contributed by atoms with Crippen LogP contribution in [0.4, 0.5) is 10.1 Å². The molecule has 3 heterocycles. The number of benzene rings is 2. The van der Waals surface area contributed by atoms with Crippen molar-refractivity contribution in [3.8, 4) is 23.0 Å². The minimum absolute atomic E-state index is 0.00101. The number of hydrogen-bond donors (Lipinski definition) is 0. The van der Waals surface area contributed by atoms with E-state index in [9.17, 15) is 9.18 Å². The lowest BCUT2D eigenvalue weighted by Crippen LogP contribution is -2.49. The monoisotopic (exact) mass is 445 g/mol. The molecule has 2 aromatic carbocycles. The number of carbonyl (C=O) groups excluding carboxylic acids is 1. The summed E-state index contributed by atoms with van der Waals surface area (Å²) in [5.74, 6) is 0.638. The lowest BCUT2D eigenvalue weighted by molar-refractivity contribution is -0.132. The maximum absolute atomic E-state index is 14.1. The highest BCUT2D eigenvalue weighted by molar-refractivity contribution is 5.77. The third kappa shape index (κ3) is 4.37. The molecule has 33 heavy (non-hydrogen) atoms. The van der Waals surface area contributed by atoms with Gasteiger partial charge in [0.05, 0.1) is 5.69 Å². The van der Waals surface area contributed by atoms with E-state index >= 15 is 0 Å². The number of carbonyl (C=O) groups is 1. The molecule has 8 heteroatoms. The van der Waals surface area contributed by atoms with Gasteiger partial charge in [0, 0.05) is 37.9 Å². The first-order valence-electron chi connectivity index (χ1n) is 10.9. The lowest BCUT2D eigenvalue weighted by atomic mass is 10.1. The van der Waals surface area contributed by atoms with Gasteiger partial charge in [0.2, 0.25) is 11.7 Å². The Hall–Kier alpha value is -3.94. The molecule has 1 aliphatic heterocycles. The third-order valence-electron chi connectivity index (χ3n) is 5.92. The van der Waals surface area contributed by atoms with Crippen molar-refractivity contribution in [2.45, 2.75) is 13.5 Å². The zero-order valence-corrected chi connectivity index (χ0v) is 18.3. The number of aryl methyl sites for hydroxylation is 1. The molecule has 0 bridgehead atoms. The molecule has 1 saturated heterocycles. The van der Waals surface area contributed by atoms with E-state index in [1.165, 1.54) is 6.07 Å². The van der Waals surface area contributed by atoms with E-state index in [-0.39, 0.29) is 18.3 Å². The van der Waals surface area contributed by atoms with Gasteiger partial charge in [0.15, 0.2) is 0 Å². The van der Waals surface area contributed by atoms with Gasteiger partial charge in [-0.15, -0.1) is 0 Å². The minimum Gasteiger partial charge on any atom is -0.366 e. The van der Waals surface area contributed by atoms with Crippen molar-refractivity contribution in [1.82, 2.24) is 19.6 Å². The van der Waals surface area contributed by atoms with E-state index in [1.54, 1.807) is 12.1 Å². The van der Waals surface area contributed by atoms with E-state index in [0.29, 0.717) is 49.3 Å². The van der Waals surface area contributed by atoms with E-state index in [2.05, 4.69) is 10.1 Å². The molecule has 0 radical (unpaired) electrons. The van der Waals surface area contributed by atoms with Gasteiger partial charge in [0.25, 0.3) is 5.89 Å². The molecule has 4 aromatic rings. The maximum Gasteiger partial charge on any atom is 0.274 e. The number of para-hydroxylation sites is 1. The second-order valence-electron chi connectivity index (χ2n) is 8.13. The summed E-state index contributed by atoms with van der Waals surface area (Å²) in [5, 5.41) is 4.10. The van der Waals surface area contributed by atoms with Gasteiger partial charge < -0.3 is 18.9 Å². The van der Waals surface area contributed by atoms with Gasteiger partial charge in [-0.2, -0.15) is 4.98 Å². The summed E-state index contributed by atoms with van der Waals surface area (Å²) in [6.07, 6.45) is 1.83. The Balaban J connectivity index is 1.25. The Bertz CT molecular complexity index is 1260. The molecular formula is C25H24FN5O2. The van der Waals surface area contributed by atoms with Gasteiger partial charge in [-0.05, 0) is 31.2 Å². The van der Waals surface area contributed by atoms with E-state index < -0.39 is 0 Å². The van der Waals surface area contributed by atoms with Crippen molar-refractivity contribution in [3.63, 3.8) is 0 Å². The van der Waals surface area contributed by atoms with Crippen molar-refractivity contribution >= 4 is 11.6 Å². The third-order valence-corrected chi connectivity index (χ3v) is 5.92. The fourth-order valence-electron chi connectivity index (χ4n) is 4.04. The summed E-state index contributed by atoms with van der Waals surface area (Å²) in [6.45, 7) is 4.47. The van der Waals surface area contributed by atoms with Crippen LogP contribution < -0.4 is 4.90 Å². The average molecular weight is 445 g/mol. The quantitative estimate of drug-likeness (QED) is 0.465. The van der Waals surface area contributed by atoms with Crippen LogP contribution in [0.1, 0.15) is 5.56 Å². The summed E-state index contributed by atoms with van der Waals surface area (Å²) in [5.41, 5.74) is 3.30. The number of anilines is 1. The Labute approximate surface area is 191 Å². The largest absolute Gasteiger partial charge is 0.366 e. The predicted molar refractivity (Wildman–Crippen MR) is 123 cm³/mol. The Morgan fingerprint density at radius 3 is 2.52 bits per heavy atom. The molecular weight excluding hydrogens is 421 g/mol. The zero-order valence-electron chi connectivity index (χ0n) is 18.3. The molecule has 168 valence electrons. The van der Waals surface area contributed by atoms with Gasteiger partial charge in [-0.1, -0.05) is 47.1 Å². The van der Waals surface area contributed by atoms with E-state index in [4.69, 9.17) is 4.52 Å². The number of halogens is 1. The van der Waals surface area contributed by atoms with Crippen molar-refractivity contribution < 1.29 is 13.7 Å². The SMILES string of the molecule is Cc1ccc(-c2noc(-c3cccn3CC(=O)N3CCN(c4ccccc4F)CC3)n2)cc1.